The van der Waals surface area contributed by atoms with E-state index in [0.717, 1.165) is 28.5 Å². The summed E-state index contributed by atoms with van der Waals surface area (Å²) in [6.07, 6.45) is 3.86. The standard InChI is InChI=1S/C13H19N3O2S/c17-13(18)16-7-4-10-11(8-16)19-12(14-10)9-15-5-2-1-3-6-15/h1-9H2,(H,17,18). The van der Waals surface area contributed by atoms with E-state index in [0.29, 0.717) is 13.1 Å². The number of fused-ring (bicyclic) bond motifs is 1. The number of carbonyl (C=O) groups is 1. The molecule has 0 spiro atoms. The molecule has 2 aliphatic heterocycles. The van der Waals surface area contributed by atoms with Crippen LogP contribution in [0.25, 0.3) is 0 Å². The van der Waals surface area contributed by atoms with Crippen molar-refractivity contribution >= 4 is 17.4 Å². The summed E-state index contributed by atoms with van der Waals surface area (Å²) < 4.78 is 0. The number of amides is 1. The minimum absolute atomic E-state index is 0.516. The lowest BCUT2D eigenvalue weighted by atomic mass is 10.1. The lowest BCUT2D eigenvalue weighted by Crippen LogP contribution is -2.34. The minimum atomic E-state index is -0.823. The maximum Gasteiger partial charge on any atom is 0.407 e. The summed E-state index contributed by atoms with van der Waals surface area (Å²) in [5, 5.41) is 10.2. The van der Waals surface area contributed by atoms with E-state index >= 15 is 0 Å². The third kappa shape index (κ3) is 2.90. The molecule has 0 radical (unpaired) electrons. The Balaban J connectivity index is 1.67. The van der Waals surface area contributed by atoms with E-state index in [2.05, 4.69) is 4.90 Å². The molecule has 0 unspecified atom stereocenters. The van der Waals surface area contributed by atoms with Gasteiger partial charge >= 0.3 is 6.09 Å². The van der Waals surface area contributed by atoms with Crippen LogP contribution in [0, 0.1) is 0 Å². The zero-order chi connectivity index (χ0) is 13.2. The van der Waals surface area contributed by atoms with Gasteiger partial charge < -0.3 is 10.0 Å². The molecule has 0 bridgehead atoms. The van der Waals surface area contributed by atoms with Gasteiger partial charge in [0.2, 0.25) is 0 Å². The highest BCUT2D eigenvalue weighted by Gasteiger charge is 2.24. The number of carboxylic acid groups (broad SMARTS) is 1. The fourth-order valence-corrected chi connectivity index (χ4v) is 3.96. The first-order chi connectivity index (χ1) is 9.22. The third-order valence-corrected chi connectivity index (χ3v) is 4.92. The van der Waals surface area contributed by atoms with Crippen molar-refractivity contribution in [2.75, 3.05) is 19.6 Å². The van der Waals surface area contributed by atoms with Crippen LogP contribution in [0.1, 0.15) is 34.8 Å². The van der Waals surface area contributed by atoms with E-state index in [1.807, 2.05) is 0 Å². The largest absolute Gasteiger partial charge is 0.465 e. The van der Waals surface area contributed by atoms with E-state index in [4.69, 9.17) is 10.1 Å². The topological polar surface area (TPSA) is 56.7 Å². The number of hydrogen-bond donors (Lipinski definition) is 1. The Morgan fingerprint density at radius 2 is 2.05 bits per heavy atom. The molecule has 3 rings (SSSR count). The van der Waals surface area contributed by atoms with Crippen LogP contribution in [0.2, 0.25) is 0 Å². The van der Waals surface area contributed by atoms with Gasteiger partial charge in [-0.15, -0.1) is 11.3 Å². The zero-order valence-corrected chi connectivity index (χ0v) is 11.8. The molecule has 0 atom stereocenters. The second-order valence-electron chi connectivity index (χ2n) is 5.27. The number of likely N-dealkylation sites (tertiary alicyclic amines) is 1. The van der Waals surface area contributed by atoms with E-state index in [-0.39, 0.29) is 0 Å². The van der Waals surface area contributed by atoms with Crippen LogP contribution >= 0.6 is 11.3 Å². The van der Waals surface area contributed by atoms with Crippen molar-refractivity contribution in [3.05, 3.63) is 15.6 Å². The number of piperidine rings is 1. The second kappa shape index (κ2) is 5.46. The minimum Gasteiger partial charge on any atom is -0.465 e. The summed E-state index contributed by atoms with van der Waals surface area (Å²) >= 11 is 1.69. The molecule has 3 heterocycles. The molecular formula is C13H19N3O2S. The van der Waals surface area contributed by atoms with Gasteiger partial charge in [0.1, 0.15) is 5.01 Å². The summed E-state index contributed by atoms with van der Waals surface area (Å²) in [5.74, 6) is 0. The number of rotatable bonds is 2. The van der Waals surface area contributed by atoms with Crippen LogP contribution in [0.5, 0.6) is 0 Å². The number of aromatic nitrogens is 1. The molecule has 6 heteroatoms. The highest BCUT2D eigenvalue weighted by Crippen LogP contribution is 2.26. The van der Waals surface area contributed by atoms with E-state index in [1.54, 1.807) is 11.3 Å². The molecule has 1 fully saturated rings. The molecule has 1 aromatic rings. The van der Waals surface area contributed by atoms with Crippen LogP contribution in [0.3, 0.4) is 0 Å². The predicted octanol–water partition coefficient (Wildman–Crippen LogP) is 2.17. The third-order valence-electron chi connectivity index (χ3n) is 3.85. The summed E-state index contributed by atoms with van der Waals surface area (Å²) in [7, 11) is 0. The maximum absolute atomic E-state index is 11.0. The fourth-order valence-electron chi connectivity index (χ4n) is 2.79. The van der Waals surface area contributed by atoms with Crippen molar-refractivity contribution in [2.45, 2.75) is 38.8 Å². The van der Waals surface area contributed by atoms with Crippen molar-refractivity contribution in [1.82, 2.24) is 14.8 Å². The first kappa shape index (κ1) is 12.9. The Morgan fingerprint density at radius 1 is 1.26 bits per heavy atom. The van der Waals surface area contributed by atoms with Gasteiger partial charge in [-0.05, 0) is 25.9 Å². The van der Waals surface area contributed by atoms with Crippen LogP contribution in [0.4, 0.5) is 4.79 Å². The molecule has 1 aromatic heterocycles. The lowest BCUT2D eigenvalue weighted by Gasteiger charge is -2.25. The Bertz CT molecular complexity index is 468. The molecule has 19 heavy (non-hydrogen) atoms. The van der Waals surface area contributed by atoms with E-state index < -0.39 is 6.09 Å². The van der Waals surface area contributed by atoms with Crippen molar-refractivity contribution in [2.24, 2.45) is 0 Å². The Hall–Kier alpha value is -1.14. The highest BCUT2D eigenvalue weighted by molar-refractivity contribution is 7.11. The number of hydrogen-bond acceptors (Lipinski definition) is 4. The van der Waals surface area contributed by atoms with Gasteiger partial charge in [0.15, 0.2) is 0 Å². The Kier molecular flexibility index (Phi) is 3.70. The van der Waals surface area contributed by atoms with Gasteiger partial charge in [0.25, 0.3) is 0 Å². The number of nitrogens with zero attached hydrogens (tertiary/aromatic N) is 3. The average molecular weight is 281 g/mol. The van der Waals surface area contributed by atoms with Crippen molar-refractivity contribution in [3.63, 3.8) is 0 Å². The maximum atomic E-state index is 11.0. The summed E-state index contributed by atoms with van der Waals surface area (Å²) in [6, 6.07) is 0. The molecule has 0 aromatic carbocycles. The molecule has 5 nitrogen and oxygen atoms in total. The Labute approximate surface area is 116 Å². The first-order valence-corrected chi connectivity index (χ1v) is 7.72. The second-order valence-corrected chi connectivity index (χ2v) is 6.44. The van der Waals surface area contributed by atoms with Crippen LogP contribution < -0.4 is 0 Å². The van der Waals surface area contributed by atoms with Gasteiger partial charge in [0.05, 0.1) is 18.8 Å². The quantitative estimate of drug-likeness (QED) is 0.902. The average Bonchev–Trinajstić information content (AvgIpc) is 2.80. The molecule has 0 saturated carbocycles. The SMILES string of the molecule is O=C(O)N1CCc2nc(CN3CCCCC3)sc2C1. The van der Waals surface area contributed by atoms with E-state index in [1.165, 1.54) is 37.3 Å². The van der Waals surface area contributed by atoms with Gasteiger partial charge in [0, 0.05) is 17.8 Å². The Morgan fingerprint density at radius 3 is 2.79 bits per heavy atom. The van der Waals surface area contributed by atoms with Gasteiger partial charge in [-0.3, -0.25) is 4.90 Å². The molecule has 0 aliphatic carbocycles. The van der Waals surface area contributed by atoms with Crippen LogP contribution in [0.15, 0.2) is 0 Å². The summed E-state index contributed by atoms with van der Waals surface area (Å²) in [5.41, 5.74) is 1.12. The molecule has 2 aliphatic rings. The number of thiazole rings is 1. The predicted molar refractivity (Wildman–Crippen MR) is 73.4 cm³/mol. The smallest absolute Gasteiger partial charge is 0.407 e. The molecule has 1 amide bonds. The van der Waals surface area contributed by atoms with Gasteiger partial charge in [-0.1, -0.05) is 6.42 Å². The lowest BCUT2D eigenvalue weighted by molar-refractivity contribution is 0.140. The molecule has 1 saturated heterocycles. The van der Waals surface area contributed by atoms with Crippen molar-refractivity contribution < 1.29 is 9.90 Å². The molecular weight excluding hydrogens is 262 g/mol. The van der Waals surface area contributed by atoms with Crippen molar-refractivity contribution in [3.8, 4) is 0 Å². The van der Waals surface area contributed by atoms with Crippen LogP contribution in [-0.4, -0.2) is 45.6 Å². The first-order valence-electron chi connectivity index (χ1n) is 6.90. The normalized spacial score (nSPS) is 20.3. The zero-order valence-electron chi connectivity index (χ0n) is 11.0. The van der Waals surface area contributed by atoms with Crippen LogP contribution in [-0.2, 0) is 19.5 Å². The fraction of sp³-hybridized carbons (Fsp3) is 0.692. The summed E-state index contributed by atoms with van der Waals surface area (Å²) in [6.45, 7) is 4.37. The van der Waals surface area contributed by atoms with Crippen molar-refractivity contribution in [1.29, 1.82) is 0 Å². The monoisotopic (exact) mass is 281 g/mol. The highest BCUT2D eigenvalue weighted by atomic mass is 32.1. The molecule has 104 valence electrons. The molecule has 1 N–H and O–H groups in total. The van der Waals surface area contributed by atoms with E-state index in [9.17, 15) is 4.79 Å². The summed E-state index contributed by atoms with van der Waals surface area (Å²) in [4.78, 5) is 20.8. The van der Waals surface area contributed by atoms with Gasteiger partial charge in [-0.2, -0.15) is 0 Å². The van der Waals surface area contributed by atoms with Gasteiger partial charge in [-0.25, -0.2) is 9.78 Å².